The molecule has 1 aliphatic rings. The van der Waals surface area contributed by atoms with Crippen LogP contribution in [0.1, 0.15) is 24.5 Å². The normalized spacial score (nSPS) is 22.2. The average molecular weight is 350 g/mol. The second-order valence-corrected chi connectivity index (χ2v) is 6.90. The van der Waals surface area contributed by atoms with Crippen LogP contribution in [0.25, 0.3) is 0 Å². The summed E-state index contributed by atoms with van der Waals surface area (Å²) in [6.45, 7) is 2.36. The van der Waals surface area contributed by atoms with Gasteiger partial charge in [-0.25, -0.2) is 8.78 Å². The Morgan fingerprint density at radius 1 is 1.25 bits per heavy atom. The van der Waals surface area contributed by atoms with Gasteiger partial charge >= 0.3 is 0 Å². The fraction of sp³-hybridized carbons (Fsp3) is 0.316. The lowest BCUT2D eigenvalue weighted by Crippen LogP contribution is -2.34. The van der Waals surface area contributed by atoms with Crippen molar-refractivity contribution in [1.82, 2.24) is 5.32 Å². The van der Waals surface area contributed by atoms with Crippen LogP contribution in [0.4, 0.5) is 8.78 Å². The summed E-state index contributed by atoms with van der Waals surface area (Å²) in [4.78, 5) is 12.2. The summed E-state index contributed by atoms with van der Waals surface area (Å²) in [6.07, 6.45) is 1.02. The van der Waals surface area contributed by atoms with Crippen LogP contribution in [0.3, 0.4) is 0 Å². The lowest BCUT2D eigenvalue weighted by atomic mass is 9.92. The van der Waals surface area contributed by atoms with E-state index in [-0.39, 0.29) is 18.2 Å². The molecule has 1 saturated carbocycles. The van der Waals surface area contributed by atoms with Crippen LogP contribution in [0.2, 0.25) is 5.02 Å². The standard InChI is InChI=1S/C19H18ClF2NO/c1-12-10-19(12,16-7-6-15(21)9-17(16)22)11-23-18(24)8-13-2-4-14(20)5-3-13/h2-7,9,12H,8,10-11H2,1H3,(H,23,24). The van der Waals surface area contributed by atoms with Gasteiger partial charge in [0.05, 0.1) is 6.42 Å². The first-order chi connectivity index (χ1) is 11.4. The minimum atomic E-state index is -0.591. The zero-order valence-corrected chi connectivity index (χ0v) is 14.0. The highest BCUT2D eigenvalue weighted by atomic mass is 35.5. The van der Waals surface area contributed by atoms with Gasteiger partial charge in [0.15, 0.2) is 0 Å². The van der Waals surface area contributed by atoms with Crippen molar-refractivity contribution in [2.75, 3.05) is 6.54 Å². The minimum absolute atomic E-state index is 0.127. The van der Waals surface area contributed by atoms with Crippen molar-refractivity contribution < 1.29 is 13.6 Å². The van der Waals surface area contributed by atoms with Crippen LogP contribution < -0.4 is 5.32 Å². The van der Waals surface area contributed by atoms with E-state index in [0.29, 0.717) is 17.1 Å². The van der Waals surface area contributed by atoms with Crippen molar-refractivity contribution >= 4 is 17.5 Å². The van der Waals surface area contributed by atoms with Gasteiger partial charge in [-0.1, -0.05) is 36.7 Å². The van der Waals surface area contributed by atoms with Crippen LogP contribution >= 0.6 is 11.6 Å². The van der Waals surface area contributed by atoms with Crippen LogP contribution in [-0.4, -0.2) is 12.5 Å². The van der Waals surface area contributed by atoms with Crippen molar-refractivity contribution in [1.29, 1.82) is 0 Å². The van der Waals surface area contributed by atoms with Crippen LogP contribution in [-0.2, 0) is 16.6 Å². The summed E-state index contributed by atoms with van der Waals surface area (Å²) in [5.74, 6) is -1.02. The number of rotatable bonds is 5. The van der Waals surface area contributed by atoms with Gasteiger partial charge in [-0.3, -0.25) is 4.79 Å². The third kappa shape index (κ3) is 3.44. The first kappa shape index (κ1) is 16.9. The molecule has 5 heteroatoms. The number of nitrogens with one attached hydrogen (secondary N) is 1. The summed E-state index contributed by atoms with van der Waals surface area (Å²) < 4.78 is 27.2. The number of amides is 1. The highest BCUT2D eigenvalue weighted by Gasteiger charge is 2.53. The van der Waals surface area contributed by atoms with Crippen LogP contribution in [0, 0.1) is 17.6 Å². The van der Waals surface area contributed by atoms with E-state index in [1.165, 1.54) is 12.1 Å². The van der Waals surface area contributed by atoms with Gasteiger partial charge < -0.3 is 5.32 Å². The molecule has 2 nitrogen and oxygen atoms in total. The number of carbonyl (C=O) groups is 1. The molecule has 2 atom stereocenters. The Balaban J connectivity index is 1.66. The molecule has 126 valence electrons. The Morgan fingerprint density at radius 3 is 2.50 bits per heavy atom. The summed E-state index contributed by atoms with van der Waals surface area (Å²) in [5.41, 5.74) is 0.902. The van der Waals surface area contributed by atoms with E-state index in [4.69, 9.17) is 11.6 Å². The smallest absolute Gasteiger partial charge is 0.224 e. The number of benzene rings is 2. The summed E-state index contributed by atoms with van der Waals surface area (Å²) in [6, 6.07) is 10.7. The van der Waals surface area contributed by atoms with Gasteiger partial charge in [0.2, 0.25) is 5.91 Å². The number of halogens is 3. The first-order valence-electron chi connectivity index (χ1n) is 7.87. The largest absolute Gasteiger partial charge is 0.355 e. The van der Waals surface area contributed by atoms with Crippen molar-refractivity contribution in [2.45, 2.75) is 25.2 Å². The maximum absolute atomic E-state index is 14.1. The summed E-state index contributed by atoms with van der Waals surface area (Å²) in [5, 5.41) is 3.51. The topological polar surface area (TPSA) is 29.1 Å². The lowest BCUT2D eigenvalue weighted by molar-refractivity contribution is -0.120. The molecular weight excluding hydrogens is 332 g/mol. The first-order valence-corrected chi connectivity index (χ1v) is 8.25. The molecule has 2 unspecified atom stereocenters. The average Bonchev–Trinajstić information content (AvgIpc) is 3.19. The van der Waals surface area contributed by atoms with Gasteiger partial charge in [0.1, 0.15) is 11.6 Å². The molecule has 0 aromatic heterocycles. The van der Waals surface area contributed by atoms with Crippen molar-refractivity contribution in [3.63, 3.8) is 0 Å². The zero-order valence-electron chi connectivity index (χ0n) is 13.3. The number of hydrogen-bond acceptors (Lipinski definition) is 1. The molecule has 0 aliphatic heterocycles. The molecule has 0 saturated heterocycles. The van der Waals surface area contributed by atoms with Crippen molar-refractivity contribution in [3.05, 3.63) is 70.2 Å². The molecular formula is C19H18ClF2NO. The van der Waals surface area contributed by atoms with Crippen molar-refractivity contribution in [3.8, 4) is 0 Å². The van der Waals surface area contributed by atoms with E-state index in [1.54, 1.807) is 24.3 Å². The second-order valence-electron chi connectivity index (χ2n) is 6.47. The minimum Gasteiger partial charge on any atom is -0.355 e. The number of hydrogen-bond donors (Lipinski definition) is 1. The Kier molecular flexibility index (Phi) is 4.59. The summed E-state index contributed by atoms with van der Waals surface area (Å²) in [7, 11) is 0. The van der Waals surface area contributed by atoms with Gasteiger partial charge in [0, 0.05) is 23.0 Å². The third-order valence-corrected chi connectivity index (χ3v) is 5.05. The molecule has 1 aliphatic carbocycles. The molecule has 3 rings (SSSR count). The Hall–Kier alpha value is -1.94. The molecule has 1 fully saturated rings. The van der Waals surface area contributed by atoms with Crippen LogP contribution in [0.15, 0.2) is 42.5 Å². The van der Waals surface area contributed by atoms with Gasteiger partial charge in [0.25, 0.3) is 0 Å². The molecule has 2 aromatic carbocycles. The van der Waals surface area contributed by atoms with Crippen molar-refractivity contribution in [2.24, 2.45) is 5.92 Å². The predicted octanol–water partition coefficient (Wildman–Crippen LogP) is 4.25. The molecule has 0 bridgehead atoms. The van der Waals surface area contributed by atoms with Gasteiger partial charge in [-0.2, -0.15) is 0 Å². The molecule has 0 radical (unpaired) electrons. The van der Waals surface area contributed by atoms with Gasteiger partial charge in [-0.05, 0) is 41.7 Å². The third-order valence-electron chi connectivity index (χ3n) is 4.80. The summed E-state index contributed by atoms with van der Waals surface area (Å²) >= 11 is 5.82. The monoisotopic (exact) mass is 349 g/mol. The number of carbonyl (C=O) groups excluding carboxylic acids is 1. The van der Waals surface area contributed by atoms with E-state index in [1.807, 2.05) is 6.92 Å². The van der Waals surface area contributed by atoms with Crippen LogP contribution in [0.5, 0.6) is 0 Å². The second kappa shape index (κ2) is 6.52. The maximum atomic E-state index is 14.1. The molecule has 1 amide bonds. The highest BCUT2D eigenvalue weighted by Crippen LogP contribution is 2.54. The Bertz CT molecular complexity index is 762. The predicted molar refractivity (Wildman–Crippen MR) is 90.0 cm³/mol. The molecule has 2 aromatic rings. The SMILES string of the molecule is CC1CC1(CNC(=O)Cc1ccc(Cl)cc1)c1ccc(F)cc1F. The maximum Gasteiger partial charge on any atom is 0.224 e. The molecule has 24 heavy (non-hydrogen) atoms. The van der Waals surface area contributed by atoms with Gasteiger partial charge in [-0.15, -0.1) is 0 Å². The van der Waals surface area contributed by atoms with E-state index in [0.717, 1.165) is 18.1 Å². The van der Waals surface area contributed by atoms with E-state index >= 15 is 0 Å². The van der Waals surface area contributed by atoms with E-state index in [9.17, 15) is 13.6 Å². The lowest BCUT2D eigenvalue weighted by Gasteiger charge is -2.19. The van der Waals surface area contributed by atoms with E-state index < -0.39 is 17.0 Å². The zero-order chi connectivity index (χ0) is 17.3. The molecule has 0 spiro atoms. The van der Waals surface area contributed by atoms with E-state index in [2.05, 4.69) is 5.32 Å². The highest BCUT2D eigenvalue weighted by molar-refractivity contribution is 6.30. The molecule has 1 N–H and O–H groups in total. The fourth-order valence-electron chi connectivity index (χ4n) is 3.20. The quantitative estimate of drug-likeness (QED) is 0.858. The fourth-order valence-corrected chi connectivity index (χ4v) is 3.33. The Labute approximate surface area is 144 Å². The Morgan fingerprint density at radius 2 is 1.92 bits per heavy atom. The molecule has 0 heterocycles.